The molecule has 2 saturated heterocycles. The number of aromatic nitrogens is 1. The molecule has 0 bridgehead atoms. The number of hydrogen-bond donors (Lipinski definition) is 1. The van der Waals surface area contributed by atoms with Crippen LogP contribution in [0.5, 0.6) is 0 Å². The van der Waals surface area contributed by atoms with Crippen molar-refractivity contribution < 1.29 is 4.79 Å². The van der Waals surface area contributed by atoms with Crippen molar-refractivity contribution in [1.29, 1.82) is 5.26 Å². The zero-order valence-corrected chi connectivity index (χ0v) is 10.5. The summed E-state index contributed by atoms with van der Waals surface area (Å²) in [5, 5.41) is 12.3. The summed E-state index contributed by atoms with van der Waals surface area (Å²) in [6, 6.07) is 6.05. The van der Waals surface area contributed by atoms with Crippen molar-refractivity contribution in [2.45, 2.75) is 12.6 Å². The van der Waals surface area contributed by atoms with Crippen LogP contribution in [-0.2, 0) is 6.54 Å². The fraction of sp³-hybridized carbons (Fsp3) is 0.462. The van der Waals surface area contributed by atoms with Crippen LogP contribution in [0.15, 0.2) is 18.3 Å². The molecule has 0 aliphatic carbocycles. The van der Waals surface area contributed by atoms with Gasteiger partial charge in [0.05, 0.1) is 12.6 Å². The summed E-state index contributed by atoms with van der Waals surface area (Å²) in [5.41, 5.74) is 1.21. The fourth-order valence-electron chi connectivity index (χ4n) is 2.69. The first-order valence-corrected chi connectivity index (χ1v) is 6.40. The summed E-state index contributed by atoms with van der Waals surface area (Å²) in [6.07, 6.45) is 1.60. The van der Waals surface area contributed by atoms with E-state index in [-0.39, 0.29) is 12.1 Å². The number of nitrogens with zero attached hydrogens (tertiary/aromatic N) is 4. The molecule has 2 amide bonds. The minimum absolute atomic E-state index is 0.0687. The second-order valence-corrected chi connectivity index (χ2v) is 4.84. The maximum atomic E-state index is 12.3. The van der Waals surface area contributed by atoms with Crippen LogP contribution in [0.4, 0.5) is 4.79 Å². The third-order valence-electron chi connectivity index (χ3n) is 3.66. The lowest BCUT2D eigenvalue weighted by Crippen LogP contribution is -2.49. The molecule has 98 valence electrons. The van der Waals surface area contributed by atoms with Crippen molar-refractivity contribution in [3.63, 3.8) is 0 Å². The predicted octanol–water partition coefficient (Wildman–Crippen LogP) is 0.163. The Morgan fingerprint density at radius 2 is 2.47 bits per heavy atom. The summed E-state index contributed by atoms with van der Waals surface area (Å²) in [7, 11) is 0. The molecule has 1 N–H and O–H groups in total. The van der Waals surface area contributed by atoms with Gasteiger partial charge in [0.15, 0.2) is 0 Å². The van der Waals surface area contributed by atoms with Crippen LogP contribution >= 0.6 is 0 Å². The van der Waals surface area contributed by atoms with Crippen LogP contribution in [0, 0.1) is 11.3 Å². The third-order valence-corrected chi connectivity index (χ3v) is 3.66. The lowest BCUT2D eigenvalue weighted by atomic mass is 10.2. The van der Waals surface area contributed by atoms with E-state index in [1.54, 1.807) is 17.2 Å². The number of rotatable bonds is 2. The van der Waals surface area contributed by atoms with Crippen LogP contribution < -0.4 is 5.32 Å². The molecule has 0 aromatic carbocycles. The first-order chi connectivity index (χ1) is 9.29. The van der Waals surface area contributed by atoms with Crippen LogP contribution in [0.3, 0.4) is 0 Å². The molecule has 0 spiro atoms. The van der Waals surface area contributed by atoms with Crippen molar-refractivity contribution in [3.8, 4) is 6.07 Å². The Labute approximate surface area is 111 Å². The molecule has 6 nitrogen and oxygen atoms in total. The normalized spacial score (nSPS) is 22.3. The molecule has 3 rings (SSSR count). The number of hydrogen-bond acceptors (Lipinski definition) is 4. The van der Waals surface area contributed by atoms with E-state index in [2.05, 4.69) is 16.4 Å². The maximum Gasteiger partial charge on any atom is 0.320 e. The highest BCUT2D eigenvalue weighted by Crippen LogP contribution is 2.20. The van der Waals surface area contributed by atoms with Gasteiger partial charge in [0, 0.05) is 37.9 Å². The highest BCUT2D eigenvalue weighted by molar-refractivity contribution is 5.77. The minimum Gasteiger partial charge on any atom is -0.318 e. The number of fused-ring (bicyclic) bond motifs is 1. The van der Waals surface area contributed by atoms with Gasteiger partial charge in [-0.1, -0.05) is 6.07 Å². The highest BCUT2D eigenvalue weighted by Gasteiger charge is 2.38. The van der Waals surface area contributed by atoms with E-state index in [0.717, 1.165) is 25.2 Å². The smallest absolute Gasteiger partial charge is 0.318 e. The first-order valence-electron chi connectivity index (χ1n) is 6.40. The number of carbonyl (C=O) groups is 1. The Bertz CT molecular complexity index is 538. The SMILES string of the molecule is N#Cc1ncccc1CN1CC2CNCCN2C1=O. The van der Waals surface area contributed by atoms with Gasteiger partial charge < -0.3 is 15.1 Å². The van der Waals surface area contributed by atoms with Crippen LogP contribution in [0.25, 0.3) is 0 Å². The van der Waals surface area contributed by atoms with Gasteiger partial charge >= 0.3 is 6.03 Å². The van der Waals surface area contributed by atoms with Gasteiger partial charge in [0.25, 0.3) is 0 Å². The van der Waals surface area contributed by atoms with Crippen LogP contribution in [0.2, 0.25) is 0 Å². The average Bonchev–Trinajstić information content (AvgIpc) is 2.77. The van der Waals surface area contributed by atoms with Gasteiger partial charge in [-0.3, -0.25) is 0 Å². The van der Waals surface area contributed by atoms with Crippen molar-refractivity contribution >= 4 is 6.03 Å². The lowest BCUT2D eigenvalue weighted by Gasteiger charge is -2.28. The van der Waals surface area contributed by atoms with E-state index in [9.17, 15) is 4.79 Å². The van der Waals surface area contributed by atoms with Crippen LogP contribution in [0.1, 0.15) is 11.3 Å². The molecule has 2 aliphatic rings. The van der Waals surface area contributed by atoms with E-state index in [1.807, 2.05) is 11.0 Å². The van der Waals surface area contributed by atoms with E-state index >= 15 is 0 Å². The summed E-state index contributed by atoms with van der Waals surface area (Å²) in [6.45, 7) is 3.64. The van der Waals surface area contributed by atoms with E-state index in [4.69, 9.17) is 5.26 Å². The number of amides is 2. The van der Waals surface area contributed by atoms with Gasteiger partial charge in [-0.2, -0.15) is 5.26 Å². The molecule has 2 aliphatic heterocycles. The van der Waals surface area contributed by atoms with Gasteiger partial charge in [0.2, 0.25) is 0 Å². The van der Waals surface area contributed by atoms with Gasteiger partial charge in [0.1, 0.15) is 11.8 Å². The van der Waals surface area contributed by atoms with E-state index < -0.39 is 0 Å². The summed E-state index contributed by atoms with van der Waals surface area (Å²) >= 11 is 0. The Morgan fingerprint density at radius 3 is 3.26 bits per heavy atom. The van der Waals surface area contributed by atoms with E-state index in [0.29, 0.717) is 18.8 Å². The zero-order valence-electron chi connectivity index (χ0n) is 10.5. The highest BCUT2D eigenvalue weighted by atomic mass is 16.2. The first kappa shape index (κ1) is 11.9. The Morgan fingerprint density at radius 1 is 1.58 bits per heavy atom. The maximum absolute atomic E-state index is 12.3. The molecule has 3 heterocycles. The topological polar surface area (TPSA) is 72.3 Å². The molecule has 1 atom stereocenters. The van der Waals surface area contributed by atoms with Crippen molar-refractivity contribution in [2.24, 2.45) is 0 Å². The Balaban J connectivity index is 1.77. The molecule has 6 heteroatoms. The number of urea groups is 1. The van der Waals surface area contributed by atoms with Crippen molar-refractivity contribution in [3.05, 3.63) is 29.6 Å². The predicted molar refractivity (Wildman–Crippen MR) is 68.1 cm³/mol. The quantitative estimate of drug-likeness (QED) is 0.819. The Hall–Kier alpha value is -2.13. The molecule has 0 radical (unpaired) electrons. The molecule has 2 fully saturated rings. The zero-order chi connectivity index (χ0) is 13.2. The summed E-state index contributed by atoms with van der Waals surface area (Å²) in [5.74, 6) is 0. The summed E-state index contributed by atoms with van der Waals surface area (Å²) < 4.78 is 0. The third kappa shape index (κ3) is 2.13. The molecular weight excluding hydrogens is 242 g/mol. The van der Waals surface area contributed by atoms with Crippen molar-refractivity contribution in [1.82, 2.24) is 20.1 Å². The Kier molecular flexibility index (Phi) is 3.05. The summed E-state index contributed by atoms with van der Waals surface area (Å²) in [4.78, 5) is 20.0. The standard InChI is InChI=1S/C13H15N5O/c14-6-12-10(2-1-3-16-12)8-17-9-11-7-15-4-5-18(11)13(17)19/h1-3,11,15H,4-5,7-9H2. The van der Waals surface area contributed by atoms with Gasteiger partial charge in [-0.05, 0) is 6.07 Å². The van der Waals surface area contributed by atoms with E-state index in [1.165, 1.54) is 0 Å². The fourth-order valence-corrected chi connectivity index (χ4v) is 2.69. The number of nitriles is 1. The molecular formula is C13H15N5O. The second-order valence-electron chi connectivity index (χ2n) is 4.84. The minimum atomic E-state index is 0.0687. The largest absolute Gasteiger partial charge is 0.320 e. The molecule has 1 unspecified atom stereocenters. The van der Waals surface area contributed by atoms with Gasteiger partial charge in [-0.15, -0.1) is 0 Å². The molecule has 1 aromatic rings. The van der Waals surface area contributed by atoms with Crippen molar-refractivity contribution in [2.75, 3.05) is 26.2 Å². The lowest BCUT2D eigenvalue weighted by molar-refractivity contribution is 0.178. The number of piperazine rings is 1. The number of nitrogens with one attached hydrogen (secondary N) is 1. The number of pyridine rings is 1. The monoisotopic (exact) mass is 257 g/mol. The second kappa shape index (κ2) is 4.86. The van der Waals surface area contributed by atoms with Crippen LogP contribution in [-0.4, -0.2) is 53.0 Å². The number of carbonyl (C=O) groups excluding carboxylic acids is 1. The molecule has 0 saturated carbocycles. The van der Waals surface area contributed by atoms with Gasteiger partial charge in [-0.25, -0.2) is 9.78 Å². The molecule has 1 aromatic heterocycles. The average molecular weight is 257 g/mol. The molecule has 19 heavy (non-hydrogen) atoms.